The molecule has 344 valence electrons. The molecule has 0 saturated carbocycles. The zero-order valence-corrected chi connectivity index (χ0v) is 39.5. The van der Waals surface area contributed by atoms with Crippen LogP contribution in [0.2, 0.25) is 0 Å². The van der Waals surface area contributed by atoms with E-state index >= 15 is 0 Å². The molecule has 0 aliphatic heterocycles. The fourth-order valence-electron chi connectivity index (χ4n) is 7.53. The van der Waals surface area contributed by atoms with Crippen LogP contribution in [-0.2, 0) is 14.3 Å². The van der Waals surface area contributed by atoms with Crippen LogP contribution in [0.25, 0.3) is 0 Å². The van der Waals surface area contributed by atoms with Gasteiger partial charge in [0.25, 0.3) is 0 Å². The molecule has 0 aliphatic carbocycles. The van der Waals surface area contributed by atoms with Gasteiger partial charge < -0.3 is 14.6 Å². The highest BCUT2D eigenvalue weighted by Crippen LogP contribution is 2.16. The largest absolute Gasteiger partial charge is 0.457 e. The lowest BCUT2D eigenvalue weighted by atomic mass is 10.0. The number of carbonyl (C=O) groups excluding carboxylic acids is 1. The molecule has 0 aromatic rings. The van der Waals surface area contributed by atoms with Gasteiger partial charge in [0, 0.05) is 13.0 Å². The van der Waals surface area contributed by atoms with Crippen molar-refractivity contribution in [3.8, 4) is 0 Å². The van der Waals surface area contributed by atoms with Crippen molar-refractivity contribution in [1.29, 1.82) is 0 Å². The van der Waals surface area contributed by atoms with Crippen LogP contribution in [0.5, 0.6) is 0 Å². The lowest BCUT2D eigenvalue weighted by Gasteiger charge is -2.16. The zero-order valence-electron chi connectivity index (χ0n) is 39.5. The monoisotopic (exact) mass is 825 g/mol. The molecule has 4 nitrogen and oxygen atoms in total. The summed E-state index contributed by atoms with van der Waals surface area (Å²) in [5.74, 6) is -0.198. The van der Waals surface area contributed by atoms with Gasteiger partial charge in [0.1, 0.15) is 6.10 Å². The number of allylic oxidation sites excluding steroid dienone is 10. The van der Waals surface area contributed by atoms with Gasteiger partial charge in [-0.15, -0.1) is 0 Å². The Morgan fingerprint density at radius 1 is 0.424 bits per heavy atom. The first kappa shape index (κ1) is 57.1. The Balaban J connectivity index is 3.41. The maximum Gasteiger partial charge on any atom is 0.306 e. The number of hydrogen-bond acceptors (Lipinski definition) is 4. The Hall–Kier alpha value is -1.91. The van der Waals surface area contributed by atoms with Gasteiger partial charge in [-0.3, -0.25) is 4.79 Å². The third kappa shape index (κ3) is 50.3. The van der Waals surface area contributed by atoms with Crippen LogP contribution in [0.1, 0.15) is 258 Å². The summed E-state index contributed by atoms with van der Waals surface area (Å²) >= 11 is 0. The standard InChI is InChI=1S/C55H100O4/c1-3-5-7-9-11-13-15-17-19-21-23-25-26-27-28-29-31-33-35-37-39-41-43-45-47-49-51-58-53-54(52-56)59-55(57)50-48-46-44-42-40-38-36-34-32-30-24-22-20-18-16-14-12-10-8-6-4-2/h5,7,11,13,17,19,23,25,27-28,54,56H,3-4,6,8-10,12,14-16,18,20-22,24,26,29-53H2,1-2H3/b7-5-,13-11-,19-17-,25-23-,28-27-. The molecule has 0 radical (unpaired) electrons. The molecule has 0 spiro atoms. The third-order valence-corrected chi connectivity index (χ3v) is 11.4. The quantitative estimate of drug-likeness (QED) is 0.0377. The zero-order chi connectivity index (χ0) is 42.6. The first-order chi connectivity index (χ1) is 29.2. The van der Waals surface area contributed by atoms with Crippen LogP contribution in [0.15, 0.2) is 60.8 Å². The summed E-state index contributed by atoms with van der Waals surface area (Å²) in [4.78, 5) is 12.3. The van der Waals surface area contributed by atoms with Gasteiger partial charge in [-0.2, -0.15) is 0 Å². The van der Waals surface area contributed by atoms with E-state index in [9.17, 15) is 9.90 Å². The van der Waals surface area contributed by atoms with E-state index in [1.807, 2.05) is 0 Å². The second kappa shape index (κ2) is 52.2. The third-order valence-electron chi connectivity index (χ3n) is 11.4. The van der Waals surface area contributed by atoms with Crippen molar-refractivity contribution in [2.75, 3.05) is 19.8 Å². The van der Waals surface area contributed by atoms with Gasteiger partial charge in [0.05, 0.1) is 13.2 Å². The highest BCUT2D eigenvalue weighted by Gasteiger charge is 2.13. The Labute approximate surface area is 368 Å². The number of carbonyl (C=O) groups is 1. The van der Waals surface area contributed by atoms with Crippen LogP contribution >= 0.6 is 0 Å². The fraction of sp³-hybridized carbons (Fsp3) is 0.800. The molecule has 0 saturated heterocycles. The molecule has 0 aromatic heterocycles. The van der Waals surface area contributed by atoms with Gasteiger partial charge in [0.15, 0.2) is 0 Å². The first-order valence-electron chi connectivity index (χ1n) is 25.9. The first-order valence-corrected chi connectivity index (χ1v) is 25.9. The van der Waals surface area contributed by atoms with Crippen LogP contribution in [0.3, 0.4) is 0 Å². The lowest BCUT2D eigenvalue weighted by molar-refractivity contribution is -0.154. The van der Waals surface area contributed by atoms with Gasteiger partial charge in [-0.05, 0) is 57.8 Å². The fourth-order valence-corrected chi connectivity index (χ4v) is 7.53. The molecular formula is C55H100O4. The van der Waals surface area contributed by atoms with Crippen molar-refractivity contribution >= 4 is 5.97 Å². The SMILES string of the molecule is CC/C=C\C/C=C\C/C=C\C/C=C\C/C=C\CCCCCCCCCCCCOCC(CO)OC(=O)CCCCCCCCCCCCCCCCCCCCCCC. The van der Waals surface area contributed by atoms with Crippen molar-refractivity contribution in [3.05, 3.63) is 60.8 Å². The van der Waals surface area contributed by atoms with Crippen LogP contribution in [-0.4, -0.2) is 37.0 Å². The van der Waals surface area contributed by atoms with E-state index in [2.05, 4.69) is 74.6 Å². The van der Waals surface area contributed by atoms with E-state index in [1.165, 1.54) is 186 Å². The Bertz CT molecular complexity index is 962. The minimum Gasteiger partial charge on any atom is -0.457 e. The highest BCUT2D eigenvalue weighted by atomic mass is 16.6. The molecule has 0 bridgehead atoms. The van der Waals surface area contributed by atoms with Crippen molar-refractivity contribution in [1.82, 2.24) is 0 Å². The molecule has 0 aromatic carbocycles. The molecule has 0 amide bonds. The molecule has 1 atom stereocenters. The second-order valence-corrected chi connectivity index (χ2v) is 17.2. The minimum absolute atomic E-state index is 0.172. The summed E-state index contributed by atoms with van der Waals surface area (Å²) in [5.41, 5.74) is 0. The number of ether oxygens (including phenoxy) is 2. The molecule has 59 heavy (non-hydrogen) atoms. The van der Waals surface area contributed by atoms with E-state index in [0.29, 0.717) is 19.6 Å². The average molecular weight is 825 g/mol. The van der Waals surface area contributed by atoms with Gasteiger partial charge in [-0.1, -0.05) is 254 Å². The Morgan fingerprint density at radius 2 is 0.763 bits per heavy atom. The number of esters is 1. The topological polar surface area (TPSA) is 55.8 Å². The van der Waals surface area contributed by atoms with E-state index in [0.717, 1.165) is 51.4 Å². The normalized spacial score (nSPS) is 12.8. The van der Waals surface area contributed by atoms with Crippen molar-refractivity contribution in [2.24, 2.45) is 0 Å². The summed E-state index contributed by atoms with van der Waals surface area (Å²) < 4.78 is 11.2. The summed E-state index contributed by atoms with van der Waals surface area (Å²) in [6.45, 7) is 5.26. The number of hydrogen-bond donors (Lipinski definition) is 1. The van der Waals surface area contributed by atoms with Gasteiger partial charge in [-0.25, -0.2) is 0 Å². The number of aliphatic hydroxyl groups excluding tert-OH is 1. The van der Waals surface area contributed by atoms with E-state index in [-0.39, 0.29) is 12.6 Å². The van der Waals surface area contributed by atoms with Crippen molar-refractivity contribution in [3.63, 3.8) is 0 Å². The van der Waals surface area contributed by atoms with Crippen LogP contribution < -0.4 is 0 Å². The smallest absolute Gasteiger partial charge is 0.306 e. The summed E-state index contributed by atoms with van der Waals surface area (Å²) in [7, 11) is 0. The molecule has 1 unspecified atom stereocenters. The molecule has 4 heteroatoms. The van der Waals surface area contributed by atoms with E-state index in [4.69, 9.17) is 9.47 Å². The lowest BCUT2D eigenvalue weighted by Crippen LogP contribution is -2.27. The summed E-state index contributed by atoms with van der Waals surface area (Å²) in [6, 6.07) is 0. The maximum atomic E-state index is 12.3. The molecule has 0 aliphatic rings. The predicted molar refractivity (Wildman–Crippen MR) is 260 cm³/mol. The Morgan fingerprint density at radius 3 is 1.15 bits per heavy atom. The van der Waals surface area contributed by atoms with Gasteiger partial charge in [0.2, 0.25) is 0 Å². The Kier molecular flexibility index (Phi) is 50.5. The molecule has 1 N–H and O–H groups in total. The predicted octanol–water partition coefficient (Wildman–Crippen LogP) is 17.6. The van der Waals surface area contributed by atoms with E-state index < -0.39 is 6.10 Å². The van der Waals surface area contributed by atoms with Crippen molar-refractivity contribution < 1.29 is 19.4 Å². The molecule has 0 fully saturated rings. The van der Waals surface area contributed by atoms with E-state index in [1.54, 1.807) is 0 Å². The summed E-state index contributed by atoms with van der Waals surface area (Å²) in [6.07, 6.45) is 70.3. The van der Waals surface area contributed by atoms with Crippen LogP contribution in [0, 0.1) is 0 Å². The highest BCUT2D eigenvalue weighted by molar-refractivity contribution is 5.69. The number of rotatable bonds is 48. The second-order valence-electron chi connectivity index (χ2n) is 17.2. The number of unbranched alkanes of at least 4 members (excludes halogenated alkanes) is 30. The van der Waals surface area contributed by atoms with Crippen molar-refractivity contribution in [2.45, 2.75) is 264 Å². The number of aliphatic hydroxyl groups is 1. The molecule has 0 heterocycles. The summed E-state index contributed by atoms with van der Waals surface area (Å²) in [5, 5.41) is 9.66. The van der Waals surface area contributed by atoms with Gasteiger partial charge >= 0.3 is 5.97 Å². The molecule has 0 rings (SSSR count). The van der Waals surface area contributed by atoms with Crippen LogP contribution in [0.4, 0.5) is 0 Å². The maximum absolute atomic E-state index is 12.3. The molecular weight excluding hydrogens is 725 g/mol. The minimum atomic E-state index is -0.537. The average Bonchev–Trinajstić information content (AvgIpc) is 3.24.